The molecule has 0 N–H and O–H groups in total. The first-order valence-electron chi connectivity index (χ1n) is 6.50. The third-order valence-electron chi connectivity index (χ3n) is 3.08. The summed E-state index contributed by atoms with van der Waals surface area (Å²) in [4.78, 5) is 5.85. The van der Waals surface area contributed by atoms with Crippen molar-refractivity contribution < 1.29 is 4.39 Å². The summed E-state index contributed by atoms with van der Waals surface area (Å²) in [5, 5.41) is 0. The van der Waals surface area contributed by atoms with Gasteiger partial charge in [0.1, 0.15) is 10.2 Å². The predicted octanol–water partition coefficient (Wildman–Crippen LogP) is 5.15. The Labute approximate surface area is 126 Å². The van der Waals surface area contributed by atoms with Crippen LogP contribution in [-0.2, 0) is 0 Å². The van der Waals surface area contributed by atoms with E-state index >= 15 is 0 Å². The SMILES string of the molecule is Fc1ccc(SC2=NC(c3ccccc3)CCS2)cc1. The van der Waals surface area contributed by atoms with E-state index in [9.17, 15) is 4.39 Å². The fourth-order valence-corrected chi connectivity index (χ4v) is 4.21. The summed E-state index contributed by atoms with van der Waals surface area (Å²) >= 11 is 3.40. The van der Waals surface area contributed by atoms with Gasteiger partial charge in [-0.1, -0.05) is 53.9 Å². The molecule has 0 aliphatic carbocycles. The Hall–Kier alpha value is -1.26. The Morgan fingerprint density at radius 3 is 2.55 bits per heavy atom. The van der Waals surface area contributed by atoms with Gasteiger partial charge in [-0.2, -0.15) is 0 Å². The molecule has 1 aliphatic heterocycles. The van der Waals surface area contributed by atoms with Crippen LogP contribution in [0.15, 0.2) is 64.5 Å². The maximum atomic E-state index is 12.9. The summed E-state index contributed by atoms with van der Waals surface area (Å²) in [7, 11) is 0. The molecule has 0 saturated carbocycles. The zero-order valence-corrected chi connectivity index (χ0v) is 12.5. The number of benzene rings is 2. The molecule has 0 saturated heterocycles. The van der Waals surface area contributed by atoms with E-state index in [2.05, 4.69) is 24.3 Å². The Morgan fingerprint density at radius 2 is 1.80 bits per heavy atom. The summed E-state index contributed by atoms with van der Waals surface area (Å²) in [6.45, 7) is 0. The molecule has 0 aromatic heterocycles. The van der Waals surface area contributed by atoms with Gasteiger partial charge in [0.25, 0.3) is 0 Å². The highest BCUT2D eigenvalue weighted by molar-refractivity contribution is 8.38. The van der Waals surface area contributed by atoms with Gasteiger partial charge in [0.2, 0.25) is 0 Å². The minimum Gasteiger partial charge on any atom is -0.263 e. The maximum Gasteiger partial charge on any atom is 0.130 e. The topological polar surface area (TPSA) is 12.4 Å². The standard InChI is InChI=1S/C16H14FNS2/c17-13-6-8-14(9-7-13)20-16-18-15(10-11-19-16)12-4-2-1-3-5-12/h1-9,15H,10-11H2. The van der Waals surface area contributed by atoms with E-state index in [0.717, 1.165) is 21.4 Å². The second kappa shape index (κ2) is 6.46. The van der Waals surface area contributed by atoms with Crippen LogP contribution in [0.4, 0.5) is 4.39 Å². The second-order valence-corrected chi connectivity index (χ2v) is 6.92. The second-order valence-electron chi connectivity index (χ2n) is 4.51. The van der Waals surface area contributed by atoms with Gasteiger partial charge in [-0.3, -0.25) is 4.99 Å². The Balaban J connectivity index is 1.76. The molecule has 0 amide bonds. The minimum atomic E-state index is -0.199. The summed E-state index contributed by atoms with van der Waals surface area (Å²) in [5.41, 5.74) is 1.27. The lowest BCUT2D eigenvalue weighted by molar-refractivity contribution is 0.626. The molecule has 1 atom stereocenters. The van der Waals surface area contributed by atoms with E-state index in [4.69, 9.17) is 4.99 Å². The highest BCUT2D eigenvalue weighted by Crippen LogP contribution is 2.35. The van der Waals surface area contributed by atoms with Gasteiger partial charge < -0.3 is 0 Å². The highest BCUT2D eigenvalue weighted by Gasteiger charge is 2.17. The van der Waals surface area contributed by atoms with Crippen LogP contribution in [0.2, 0.25) is 0 Å². The number of hydrogen-bond acceptors (Lipinski definition) is 3. The average molecular weight is 303 g/mol. The third-order valence-corrected chi connectivity index (χ3v) is 5.26. The number of rotatable bonds is 2. The van der Waals surface area contributed by atoms with Gasteiger partial charge in [0.05, 0.1) is 6.04 Å². The number of nitrogens with zero attached hydrogens (tertiary/aromatic N) is 1. The smallest absolute Gasteiger partial charge is 0.130 e. The molecule has 1 unspecified atom stereocenters. The van der Waals surface area contributed by atoms with E-state index < -0.39 is 0 Å². The molecule has 0 spiro atoms. The van der Waals surface area contributed by atoms with Crippen molar-refractivity contribution in [1.29, 1.82) is 0 Å². The van der Waals surface area contributed by atoms with Crippen molar-refractivity contribution in [2.24, 2.45) is 4.99 Å². The largest absolute Gasteiger partial charge is 0.263 e. The normalized spacial score (nSPS) is 18.6. The van der Waals surface area contributed by atoms with Crippen molar-refractivity contribution in [3.8, 4) is 0 Å². The van der Waals surface area contributed by atoms with Gasteiger partial charge in [0.15, 0.2) is 0 Å². The number of hydrogen-bond donors (Lipinski definition) is 0. The Kier molecular flexibility index (Phi) is 4.43. The summed E-state index contributed by atoms with van der Waals surface area (Å²) in [6.07, 6.45) is 1.07. The summed E-state index contributed by atoms with van der Waals surface area (Å²) in [6, 6.07) is 17.2. The molecule has 1 aliphatic rings. The van der Waals surface area contributed by atoms with Gasteiger partial charge in [0, 0.05) is 10.6 Å². The molecule has 2 aromatic carbocycles. The molecule has 0 radical (unpaired) electrons. The van der Waals surface area contributed by atoms with E-state index in [1.165, 1.54) is 17.7 Å². The molecule has 20 heavy (non-hydrogen) atoms. The summed E-state index contributed by atoms with van der Waals surface area (Å²) in [5.74, 6) is 0.877. The monoisotopic (exact) mass is 303 g/mol. The molecular weight excluding hydrogens is 289 g/mol. The highest BCUT2D eigenvalue weighted by atomic mass is 32.2. The van der Waals surface area contributed by atoms with Crippen molar-refractivity contribution in [1.82, 2.24) is 0 Å². The first-order valence-corrected chi connectivity index (χ1v) is 8.30. The van der Waals surface area contributed by atoms with Crippen molar-refractivity contribution in [2.45, 2.75) is 17.4 Å². The first kappa shape index (κ1) is 13.7. The van der Waals surface area contributed by atoms with Crippen LogP contribution in [0.1, 0.15) is 18.0 Å². The number of aliphatic imine (C=N–C) groups is 1. The molecule has 0 bridgehead atoms. The van der Waals surface area contributed by atoms with Crippen LogP contribution < -0.4 is 0 Å². The van der Waals surface area contributed by atoms with Crippen LogP contribution in [0.5, 0.6) is 0 Å². The molecule has 3 rings (SSSR count). The summed E-state index contributed by atoms with van der Waals surface area (Å²) < 4.78 is 14.0. The van der Waals surface area contributed by atoms with Gasteiger partial charge in [-0.15, -0.1) is 0 Å². The minimum absolute atomic E-state index is 0.199. The van der Waals surface area contributed by atoms with E-state index in [0.29, 0.717) is 0 Å². The predicted molar refractivity (Wildman–Crippen MR) is 86.0 cm³/mol. The zero-order chi connectivity index (χ0) is 13.8. The van der Waals surface area contributed by atoms with Crippen LogP contribution in [-0.4, -0.2) is 10.1 Å². The van der Waals surface area contributed by atoms with Gasteiger partial charge in [-0.05, 0) is 36.2 Å². The quantitative estimate of drug-likeness (QED) is 0.760. The lowest BCUT2D eigenvalue weighted by Gasteiger charge is -2.19. The number of halogens is 1. The van der Waals surface area contributed by atoms with Crippen molar-refractivity contribution >= 4 is 27.9 Å². The van der Waals surface area contributed by atoms with Crippen LogP contribution in [0.25, 0.3) is 0 Å². The molecular formula is C16H14FNS2. The Bertz CT molecular complexity index is 596. The maximum absolute atomic E-state index is 12.9. The fraction of sp³-hybridized carbons (Fsp3) is 0.188. The third kappa shape index (κ3) is 3.44. The molecule has 4 heteroatoms. The van der Waals surface area contributed by atoms with Crippen molar-refractivity contribution in [3.63, 3.8) is 0 Å². The fourth-order valence-electron chi connectivity index (χ4n) is 2.06. The van der Waals surface area contributed by atoms with Crippen molar-refractivity contribution in [2.75, 3.05) is 5.75 Å². The first-order chi connectivity index (χ1) is 9.81. The molecule has 0 fully saturated rings. The zero-order valence-electron chi connectivity index (χ0n) is 10.8. The molecule has 1 nitrogen and oxygen atoms in total. The van der Waals surface area contributed by atoms with E-state index in [-0.39, 0.29) is 11.9 Å². The van der Waals surface area contributed by atoms with Crippen LogP contribution in [0, 0.1) is 5.82 Å². The molecule has 102 valence electrons. The van der Waals surface area contributed by atoms with Crippen LogP contribution >= 0.6 is 23.5 Å². The van der Waals surface area contributed by atoms with E-state index in [1.807, 2.05) is 6.07 Å². The van der Waals surface area contributed by atoms with Crippen LogP contribution in [0.3, 0.4) is 0 Å². The number of thioether (sulfide) groups is 2. The molecule has 1 heterocycles. The van der Waals surface area contributed by atoms with Crippen molar-refractivity contribution in [3.05, 3.63) is 66.0 Å². The lowest BCUT2D eigenvalue weighted by Crippen LogP contribution is -2.06. The van der Waals surface area contributed by atoms with Gasteiger partial charge >= 0.3 is 0 Å². The average Bonchev–Trinajstić information content (AvgIpc) is 2.51. The lowest BCUT2D eigenvalue weighted by atomic mass is 10.1. The Morgan fingerprint density at radius 1 is 1.05 bits per heavy atom. The molecule has 2 aromatic rings. The van der Waals surface area contributed by atoms with E-state index in [1.54, 1.807) is 35.7 Å². The van der Waals surface area contributed by atoms with Gasteiger partial charge in [-0.25, -0.2) is 4.39 Å².